The molecular weight excluding hydrogens is 335 g/mol. The lowest BCUT2D eigenvalue weighted by Crippen LogP contribution is -2.41. The zero-order valence-electron chi connectivity index (χ0n) is 13.7. The first kappa shape index (κ1) is 17.4. The smallest absolute Gasteiger partial charge is 0.224 e. The van der Waals surface area contributed by atoms with E-state index in [0.29, 0.717) is 31.5 Å². The number of aryl methyl sites for hydroxylation is 1. The molecule has 0 saturated carbocycles. The third kappa shape index (κ3) is 3.65. The Bertz CT molecular complexity index is 807. The van der Waals surface area contributed by atoms with Gasteiger partial charge < -0.3 is 15.2 Å². The quantitative estimate of drug-likeness (QED) is 0.841. The van der Waals surface area contributed by atoms with Gasteiger partial charge in [-0.3, -0.25) is 4.79 Å². The number of carbonyl (C=O) groups excluding carboxylic acids is 1. The van der Waals surface area contributed by atoms with Gasteiger partial charge in [0.25, 0.3) is 0 Å². The molecule has 134 valence electrons. The number of aromatic nitrogens is 3. The molecule has 25 heavy (non-hydrogen) atoms. The van der Waals surface area contributed by atoms with Crippen molar-refractivity contribution in [2.45, 2.75) is 38.9 Å². The first-order valence-corrected chi connectivity index (χ1v) is 7.90. The Hall–Kier alpha value is -2.42. The molecule has 1 aliphatic heterocycles. The molecule has 0 spiro atoms. The summed E-state index contributed by atoms with van der Waals surface area (Å²) in [5, 5.41) is 8.00. The van der Waals surface area contributed by atoms with Gasteiger partial charge in [0.05, 0.1) is 6.54 Å². The maximum absolute atomic E-state index is 13.7. The van der Waals surface area contributed by atoms with Gasteiger partial charge in [-0.15, -0.1) is 10.2 Å². The van der Waals surface area contributed by atoms with Gasteiger partial charge in [-0.2, -0.15) is 0 Å². The summed E-state index contributed by atoms with van der Waals surface area (Å²) < 4.78 is 41.8. The summed E-state index contributed by atoms with van der Waals surface area (Å²) in [4.78, 5) is 14.0. The van der Waals surface area contributed by atoms with Gasteiger partial charge in [-0.05, 0) is 25.0 Å². The molecule has 0 aliphatic carbocycles. The number of hydrogen-bond donors (Lipinski definition) is 1. The number of amides is 1. The normalized spacial score (nSPS) is 15.2. The zero-order valence-corrected chi connectivity index (χ0v) is 13.7. The summed E-state index contributed by atoms with van der Waals surface area (Å²) in [6, 6.07) is 0.563. The second-order valence-corrected chi connectivity index (χ2v) is 6.16. The van der Waals surface area contributed by atoms with E-state index in [2.05, 4.69) is 10.2 Å². The average Bonchev–Trinajstić information content (AvgIpc) is 2.93. The van der Waals surface area contributed by atoms with Crippen LogP contribution < -0.4 is 5.73 Å². The molecule has 2 N–H and O–H groups in total. The lowest BCUT2D eigenvalue weighted by molar-refractivity contribution is -0.133. The zero-order chi connectivity index (χ0) is 18.1. The van der Waals surface area contributed by atoms with Crippen LogP contribution in [-0.4, -0.2) is 38.2 Å². The Kier molecular flexibility index (Phi) is 4.76. The van der Waals surface area contributed by atoms with Crippen LogP contribution in [-0.2, 0) is 24.3 Å². The maximum atomic E-state index is 13.7. The predicted octanol–water partition coefficient (Wildman–Crippen LogP) is 1.31. The Morgan fingerprint density at radius 3 is 2.68 bits per heavy atom. The molecule has 1 atom stereocenters. The van der Waals surface area contributed by atoms with Gasteiger partial charge in [-0.25, -0.2) is 13.2 Å². The minimum atomic E-state index is -1.25. The van der Waals surface area contributed by atoms with Crippen LogP contribution in [0.3, 0.4) is 0 Å². The van der Waals surface area contributed by atoms with Gasteiger partial charge in [0.2, 0.25) is 5.91 Å². The van der Waals surface area contributed by atoms with Gasteiger partial charge in [0, 0.05) is 31.6 Å². The Morgan fingerprint density at radius 1 is 1.20 bits per heavy atom. The fourth-order valence-corrected chi connectivity index (χ4v) is 2.94. The average molecular weight is 353 g/mol. The number of rotatable bonds is 4. The molecule has 6 nitrogen and oxygen atoms in total. The van der Waals surface area contributed by atoms with Crippen molar-refractivity contribution < 1.29 is 18.0 Å². The predicted molar refractivity (Wildman–Crippen MR) is 82.8 cm³/mol. The molecule has 9 heteroatoms. The number of hydrogen-bond acceptors (Lipinski definition) is 4. The summed E-state index contributed by atoms with van der Waals surface area (Å²) in [6.45, 7) is 3.30. The largest absolute Gasteiger partial charge is 0.333 e. The van der Waals surface area contributed by atoms with Crippen molar-refractivity contribution in [1.29, 1.82) is 0 Å². The standard InChI is InChI=1S/C16H18F3N5O/c1-9-21-22-15-8-23(2-3-24(9)15)16(25)6-11(20)4-10-5-13(18)14(19)7-12(10)17/h5,7,11H,2-4,6,8,20H2,1H3/t11-/m1/s1. The van der Waals surface area contributed by atoms with Crippen LogP contribution >= 0.6 is 0 Å². The van der Waals surface area contributed by atoms with Crippen molar-refractivity contribution in [3.8, 4) is 0 Å². The third-order valence-electron chi connectivity index (χ3n) is 4.30. The van der Waals surface area contributed by atoms with E-state index >= 15 is 0 Å². The fraction of sp³-hybridized carbons (Fsp3) is 0.438. The van der Waals surface area contributed by atoms with Crippen molar-refractivity contribution in [2.24, 2.45) is 5.73 Å². The Balaban J connectivity index is 1.61. The fourth-order valence-electron chi connectivity index (χ4n) is 2.94. The molecule has 2 heterocycles. The summed E-state index contributed by atoms with van der Waals surface area (Å²) in [6.07, 6.45) is -0.0799. The van der Waals surface area contributed by atoms with E-state index in [4.69, 9.17) is 5.73 Å². The van der Waals surface area contributed by atoms with Crippen LogP contribution in [0.4, 0.5) is 13.2 Å². The maximum Gasteiger partial charge on any atom is 0.224 e. The van der Waals surface area contributed by atoms with E-state index in [1.165, 1.54) is 0 Å². The number of carbonyl (C=O) groups is 1. The second kappa shape index (κ2) is 6.83. The minimum absolute atomic E-state index is 0.0223. The molecule has 0 unspecified atom stereocenters. The highest BCUT2D eigenvalue weighted by molar-refractivity contribution is 5.76. The molecular formula is C16H18F3N5O. The number of benzene rings is 1. The summed E-state index contributed by atoms with van der Waals surface area (Å²) >= 11 is 0. The van der Waals surface area contributed by atoms with Crippen molar-refractivity contribution in [3.05, 3.63) is 46.8 Å². The molecule has 0 radical (unpaired) electrons. The Morgan fingerprint density at radius 2 is 1.92 bits per heavy atom. The van der Waals surface area contributed by atoms with E-state index in [9.17, 15) is 18.0 Å². The number of nitrogens with zero attached hydrogens (tertiary/aromatic N) is 4. The third-order valence-corrected chi connectivity index (χ3v) is 4.30. The van der Waals surface area contributed by atoms with Crippen LogP contribution in [0.15, 0.2) is 12.1 Å². The SMILES string of the molecule is Cc1nnc2n1CCN(C(=O)C[C@H](N)Cc1cc(F)c(F)cc1F)C2. The molecule has 1 aliphatic rings. The summed E-state index contributed by atoms with van der Waals surface area (Å²) in [7, 11) is 0. The van der Waals surface area contributed by atoms with Gasteiger partial charge in [0.15, 0.2) is 17.5 Å². The summed E-state index contributed by atoms with van der Waals surface area (Å²) in [5.74, 6) is -1.95. The minimum Gasteiger partial charge on any atom is -0.333 e. The highest BCUT2D eigenvalue weighted by Crippen LogP contribution is 2.17. The molecule has 0 fully saturated rings. The van der Waals surface area contributed by atoms with E-state index in [1.54, 1.807) is 4.90 Å². The van der Waals surface area contributed by atoms with Gasteiger partial charge in [-0.1, -0.05) is 0 Å². The topological polar surface area (TPSA) is 77.0 Å². The first-order valence-electron chi connectivity index (χ1n) is 7.90. The van der Waals surface area contributed by atoms with Crippen LogP contribution in [0.25, 0.3) is 0 Å². The molecule has 3 rings (SSSR count). The van der Waals surface area contributed by atoms with Crippen molar-refractivity contribution in [1.82, 2.24) is 19.7 Å². The van der Waals surface area contributed by atoms with Crippen LogP contribution in [0.2, 0.25) is 0 Å². The summed E-state index contributed by atoms with van der Waals surface area (Å²) in [5.41, 5.74) is 5.86. The van der Waals surface area contributed by atoms with E-state index in [1.807, 2.05) is 11.5 Å². The van der Waals surface area contributed by atoms with Crippen LogP contribution in [0.5, 0.6) is 0 Å². The molecule has 2 aromatic rings. The highest BCUT2D eigenvalue weighted by atomic mass is 19.2. The lowest BCUT2D eigenvalue weighted by atomic mass is 10.0. The Labute approximate surface area is 142 Å². The molecule has 0 saturated heterocycles. The number of fused-ring (bicyclic) bond motifs is 1. The van der Waals surface area contributed by atoms with Crippen LogP contribution in [0.1, 0.15) is 23.6 Å². The number of halogens is 3. The molecule has 1 amide bonds. The lowest BCUT2D eigenvalue weighted by Gasteiger charge is -2.28. The van der Waals surface area contributed by atoms with Gasteiger partial charge >= 0.3 is 0 Å². The van der Waals surface area contributed by atoms with Crippen molar-refractivity contribution >= 4 is 5.91 Å². The first-order chi connectivity index (χ1) is 11.8. The van der Waals surface area contributed by atoms with Crippen molar-refractivity contribution in [2.75, 3.05) is 6.54 Å². The monoisotopic (exact) mass is 353 g/mol. The molecule has 0 bridgehead atoms. The van der Waals surface area contributed by atoms with Crippen LogP contribution in [0, 0.1) is 24.4 Å². The second-order valence-electron chi connectivity index (χ2n) is 6.16. The van der Waals surface area contributed by atoms with E-state index < -0.39 is 23.5 Å². The molecule has 1 aromatic carbocycles. The van der Waals surface area contributed by atoms with E-state index in [-0.39, 0.29) is 24.3 Å². The highest BCUT2D eigenvalue weighted by Gasteiger charge is 2.25. The number of nitrogens with two attached hydrogens (primary N) is 1. The van der Waals surface area contributed by atoms with E-state index in [0.717, 1.165) is 11.9 Å². The van der Waals surface area contributed by atoms with Gasteiger partial charge in [0.1, 0.15) is 11.6 Å². The molecule has 1 aromatic heterocycles. The van der Waals surface area contributed by atoms with Crippen molar-refractivity contribution in [3.63, 3.8) is 0 Å².